The van der Waals surface area contributed by atoms with E-state index in [-0.39, 0.29) is 0 Å². The number of H-pyrrole nitrogens is 1. The second-order valence-corrected chi connectivity index (χ2v) is 5.38. The van der Waals surface area contributed by atoms with Crippen molar-refractivity contribution in [2.24, 2.45) is 0 Å². The third-order valence-electron chi connectivity index (χ3n) is 1.47. The van der Waals surface area contributed by atoms with Gasteiger partial charge in [0.05, 0.1) is 12.0 Å². The summed E-state index contributed by atoms with van der Waals surface area (Å²) in [6.07, 6.45) is 3.64. The van der Waals surface area contributed by atoms with Gasteiger partial charge in [0.1, 0.15) is 4.32 Å². The van der Waals surface area contributed by atoms with Gasteiger partial charge in [-0.25, -0.2) is 4.98 Å². The average Bonchev–Trinajstić information content (AvgIpc) is 2.69. The molecule has 0 aliphatic carbocycles. The van der Waals surface area contributed by atoms with Crippen molar-refractivity contribution in [1.29, 1.82) is 0 Å². The number of aromatic nitrogens is 2. The quantitative estimate of drug-likeness (QED) is 0.614. The highest BCUT2D eigenvalue weighted by molar-refractivity contribution is 8.23. The lowest BCUT2D eigenvalue weighted by atomic mass is 10.6. The molecule has 78 valence electrons. The second-order valence-electron chi connectivity index (χ2n) is 2.50. The first-order chi connectivity index (χ1) is 6.83. The standard InChI is InChI=1S/C8H13N3S3/c1-9-8(12)14-3-2-13-5-7-4-10-6-11-7/h4,6H,2-3,5H2,1H3,(H,9,12)(H,10,11). The van der Waals surface area contributed by atoms with Crippen LogP contribution in [0.2, 0.25) is 0 Å². The van der Waals surface area contributed by atoms with E-state index in [1.54, 1.807) is 18.1 Å². The molecule has 0 bridgehead atoms. The Morgan fingerprint density at radius 2 is 2.50 bits per heavy atom. The highest BCUT2D eigenvalue weighted by Crippen LogP contribution is 2.12. The summed E-state index contributed by atoms with van der Waals surface area (Å²) in [7, 11) is 1.85. The summed E-state index contributed by atoms with van der Waals surface area (Å²) < 4.78 is 0.866. The Labute approximate surface area is 97.8 Å². The zero-order chi connectivity index (χ0) is 10.2. The molecule has 0 fully saturated rings. The Kier molecular flexibility index (Phi) is 6.05. The van der Waals surface area contributed by atoms with Gasteiger partial charge < -0.3 is 10.3 Å². The Bertz CT molecular complexity index is 261. The zero-order valence-electron chi connectivity index (χ0n) is 7.95. The number of thiocarbonyl (C=S) groups is 1. The number of rotatable bonds is 5. The number of nitrogens with zero attached hydrogens (tertiary/aromatic N) is 1. The Hall–Kier alpha value is -0.200. The van der Waals surface area contributed by atoms with Crippen LogP contribution in [-0.4, -0.2) is 32.8 Å². The molecule has 0 saturated carbocycles. The van der Waals surface area contributed by atoms with Gasteiger partial charge in [-0.1, -0.05) is 24.0 Å². The number of nitrogens with one attached hydrogen (secondary N) is 2. The van der Waals surface area contributed by atoms with Gasteiger partial charge in [-0.2, -0.15) is 11.8 Å². The van der Waals surface area contributed by atoms with Gasteiger partial charge in [0.15, 0.2) is 0 Å². The maximum Gasteiger partial charge on any atom is 0.133 e. The lowest BCUT2D eigenvalue weighted by Crippen LogP contribution is -2.11. The SMILES string of the molecule is CNC(=S)SCCSCc1c[nH]cn1. The summed E-state index contributed by atoms with van der Waals surface area (Å²) in [6, 6.07) is 0. The number of imidazole rings is 1. The first-order valence-corrected chi connectivity index (χ1v) is 6.77. The van der Waals surface area contributed by atoms with Gasteiger partial charge in [0.2, 0.25) is 0 Å². The molecule has 0 saturated heterocycles. The molecule has 0 amide bonds. The normalized spacial score (nSPS) is 10.1. The molecule has 0 spiro atoms. The Morgan fingerprint density at radius 1 is 1.64 bits per heavy atom. The summed E-state index contributed by atoms with van der Waals surface area (Å²) in [5.41, 5.74) is 1.11. The van der Waals surface area contributed by atoms with Gasteiger partial charge in [-0.05, 0) is 0 Å². The molecule has 0 aliphatic heterocycles. The average molecular weight is 247 g/mol. The Morgan fingerprint density at radius 3 is 3.14 bits per heavy atom. The van der Waals surface area contributed by atoms with Crippen LogP contribution < -0.4 is 5.32 Å². The van der Waals surface area contributed by atoms with Gasteiger partial charge in [-0.15, -0.1) is 0 Å². The molecule has 1 rings (SSSR count). The van der Waals surface area contributed by atoms with Gasteiger partial charge in [0.25, 0.3) is 0 Å². The van der Waals surface area contributed by atoms with Crippen molar-refractivity contribution in [2.45, 2.75) is 5.75 Å². The molecule has 14 heavy (non-hydrogen) atoms. The first-order valence-electron chi connectivity index (χ1n) is 4.23. The van der Waals surface area contributed by atoms with Crippen molar-refractivity contribution in [2.75, 3.05) is 18.6 Å². The van der Waals surface area contributed by atoms with Crippen molar-refractivity contribution in [1.82, 2.24) is 15.3 Å². The van der Waals surface area contributed by atoms with Crippen molar-refractivity contribution in [3.63, 3.8) is 0 Å². The smallest absolute Gasteiger partial charge is 0.133 e. The van der Waals surface area contributed by atoms with E-state index in [4.69, 9.17) is 12.2 Å². The van der Waals surface area contributed by atoms with Crippen LogP contribution in [0.15, 0.2) is 12.5 Å². The summed E-state index contributed by atoms with van der Waals surface area (Å²) in [4.78, 5) is 7.08. The molecule has 1 heterocycles. The highest BCUT2D eigenvalue weighted by atomic mass is 32.2. The topological polar surface area (TPSA) is 40.7 Å². The molecule has 0 atom stereocenters. The van der Waals surface area contributed by atoms with Crippen molar-refractivity contribution in [3.05, 3.63) is 18.2 Å². The minimum Gasteiger partial charge on any atom is -0.374 e. The molecule has 1 aromatic rings. The van der Waals surface area contributed by atoms with E-state index in [2.05, 4.69) is 15.3 Å². The molecule has 0 unspecified atom stereocenters. The van der Waals surface area contributed by atoms with Crippen LogP contribution in [0.25, 0.3) is 0 Å². The summed E-state index contributed by atoms with van der Waals surface area (Å²) in [5, 5.41) is 2.94. The largest absolute Gasteiger partial charge is 0.374 e. The highest BCUT2D eigenvalue weighted by Gasteiger charge is 1.96. The van der Waals surface area contributed by atoms with Crippen LogP contribution in [-0.2, 0) is 5.75 Å². The molecule has 3 nitrogen and oxygen atoms in total. The van der Waals surface area contributed by atoms with Crippen LogP contribution in [0.5, 0.6) is 0 Å². The van der Waals surface area contributed by atoms with Gasteiger partial charge in [0, 0.05) is 30.5 Å². The fourth-order valence-electron chi connectivity index (χ4n) is 0.812. The molecule has 6 heteroatoms. The van der Waals surface area contributed by atoms with Crippen LogP contribution >= 0.6 is 35.7 Å². The number of hydrogen-bond donors (Lipinski definition) is 2. The van der Waals surface area contributed by atoms with E-state index in [1.165, 1.54) is 0 Å². The Balaban J connectivity index is 1.97. The maximum atomic E-state index is 5.01. The summed E-state index contributed by atoms with van der Waals surface area (Å²) in [6.45, 7) is 0. The monoisotopic (exact) mass is 247 g/mol. The number of thioether (sulfide) groups is 2. The molecule has 2 N–H and O–H groups in total. The van der Waals surface area contributed by atoms with E-state index in [1.807, 2.05) is 25.0 Å². The lowest BCUT2D eigenvalue weighted by molar-refractivity contribution is 1.23. The summed E-state index contributed by atoms with van der Waals surface area (Å²) in [5.74, 6) is 3.12. The van der Waals surface area contributed by atoms with E-state index < -0.39 is 0 Å². The van der Waals surface area contributed by atoms with E-state index in [0.29, 0.717) is 0 Å². The van der Waals surface area contributed by atoms with Crippen LogP contribution in [0.3, 0.4) is 0 Å². The predicted molar refractivity (Wildman–Crippen MR) is 68.9 cm³/mol. The lowest BCUT2D eigenvalue weighted by Gasteiger charge is -2.01. The van der Waals surface area contributed by atoms with Crippen molar-refractivity contribution in [3.8, 4) is 0 Å². The molecule has 0 aromatic carbocycles. The van der Waals surface area contributed by atoms with E-state index >= 15 is 0 Å². The molecule has 1 aromatic heterocycles. The molecular weight excluding hydrogens is 234 g/mol. The van der Waals surface area contributed by atoms with Gasteiger partial charge >= 0.3 is 0 Å². The van der Waals surface area contributed by atoms with Crippen LogP contribution in [0, 0.1) is 0 Å². The zero-order valence-corrected chi connectivity index (χ0v) is 10.4. The molecule has 0 aliphatic rings. The van der Waals surface area contributed by atoms with Crippen molar-refractivity contribution < 1.29 is 0 Å². The minimum atomic E-state index is 0.866. The van der Waals surface area contributed by atoms with E-state index in [0.717, 1.165) is 27.3 Å². The molecular formula is C8H13N3S3. The third kappa shape index (κ3) is 4.88. The fraction of sp³-hybridized carbons (Fsp3) is 0.500. The van der Waals surface area contributed by atoms with Crippen LogP contribution in [0.4, 0.5) is 0 Å². The maximum absolute atomic E-state index is 5.01. The van der Waals surface area contributed by atoms with E-state index in [9.17, 15) is 0 Å². The fourth-order valence-corrected chi connectivity index (χ4v) is 2.71. The summed E-state index contributed by atoms with van der Waals surface area (Å²) >= 11 is 8.57. The van der Waals surface area contributed by atoms with Crippen LogP contribution in [0.1, 0.15) is 5.69 Å². The third-order valence-corrected chi connectivity index (χ3v) is 4.15. The first kappa shape index (κ1) is 11.9. The number of aromatic amines is 1. The second kappa shape index (κ2) is 7.14. The number of hydrogen-bond acceptors (Lipinski definition) is 4. The molecule has 0 radical (unpaired) electrons. The minimum absolute atomic E-state index is 0.866. The van der Waals surface area contributed by atoms with Gasteiger partial charge in [-0.3, -0.25) is 0 Å². The predicted octanol–water partition coefficient (Wildman–Crippen LogP) is 1.88. The van der Waals surface area contributed by atoms with Crippen molar-refractivity contribution >= 4 is 40.1 Å².